The first kappa shape index (κ1) is 9.95. The lowest BCUT2D eigenvalue weighted by atomic mass is 10.6. The van der Waals surface area contributed by atoms with Gasteiger partial charge in [0.25, 0.3) is 0 Å². The predicted octanol–water partition coefficient (Wildman–Crippen LogP) is 2.05. The smallest absolute Gasteiger partial charge is 0.250 e. The van der Waals surface area contributed by atoms with E-state index in [1.807, 2.05) is 13.8 Å². The molecule has 0 aliphatic carbocycles. The van der Waals surface area contributed by atoms with Crippen LogP contribution in [0.5, 0.6) is 0 Å². The molecule has 0 unspecified atom stereocenters. The van der Waals surface area contributed by atoms with E-state index in [0.717, 1.165) is 11.7 Å². The molecule has 0 amide bonds. The van der Waals surface area contributed by atoms with Crippen LogP contribution < -0.4 is 5.43 Å². The quantitative estimate of drug-likeness (QED) is 0.719. The third-order valence-corrected chi connectivity index (χ3v) is 2.95. The fourth-order valence-electron chi connectivity index (χ4n) is 0.563. The van der Waals surface area contributed by atoms with E-state index < -0.39 is 0 Å². The molecule has 6 heteroatoms. The van der Waals surface area contributed by atoms with Crippen LogP contribution in [0.2, 0.25) is 5.15 Å². The number of thioether (sulfide) groups is 1. The zero-order valence-corrected chi connectivity index (χ0v) is 8.96. The van der Waals surface area contributed by atoms with Crippen LogP contribution in [0.3, 0.4) is 0 Å². The summed E-state index contributed by atoms with van der Waals surface area (Å²) in [6.07, 6.45) is 0. The molecule has 0 fully saturated rings. The monoisotopic (exact) mass is 222 g/mol. The number of hydrogen-bond donors (Lipinski definition) is 0. The maximum atomic E-state index is 11.2. The second kappa shape index (κ2) is 4.20. The van der Waals surface area contributed by atoms with Gasteiger partial charge in [0.05, 0.1) is 11.7 Å². The Bertz CT molecular complexity index is 326. The van der Waals surface area contributed by atoms with Gasteiger partial charge in [-0.05, 0) is 0 Å². The van der Waals surface area contributed by atoms with Crippen molar-refractivity contribution in [3.8, 4) is 0 Å². The molecule has 0 atom stereocenters. The van der Waals surface area contributed by atoms with Gasteiger partial charge >= 0.3 is 0 Å². The molecule has 0 saturated carbocycles. The SMILES string of the molecule is CC(C)Sc1nsnc(Cl)c1=O. The number of nitrogens with zero attached hydrogens (tertiary/aromatic N) is 2. The van der Waals surface area contributed by atoms with Crippen molar-refractivity contribution >= 4 is 35.1 Å². The van der Waals surface area contributed by atoms with Crippen LogP contribution >= 0.6 is 35.1 Å². The van der Waals surface area contributed by atoms with Crippen LogP contribution in [0.25, 0.3) is 0 Å². The summed E-state index contributed by atoms with van der Waals surface area (Å²) in [5.74, 6) is 0. The van der Waals surface area contributed by atoms with Gasteiger partial charge in [0, 0.05) is 5.25 Å². The minimum absolute atomic E-state index is 0.0122. The van der Waals surface area contributed by atoms with Gasteiger partial charge < -0.3 is 0 Å². The van der Waals surface area contributed by atoms with Crippen molar-refractivity contribution in [2.75, 3.05) is 0 Å². The van der Waals surface area contributed by atoms with Crippen molar-refractivity contribution in [3.63, 3.8) is 0 Å². The second-order valence-electron chi connectivity index (χ2n) is 2.36. The Balaban J connectivity index is 3.01. The van der Waals surface area contributed by atoms with Crippen LogP contribution in [-0.2, 0) is 0 Å². The third-order valence-electron chi connectivity index (χ3n) is 0.974. The van der Waals surface area contributed by atoms with Gasteiger partial charge in [-0.2, -0.15) is 8.75 Å². The Morgan fingerprint density at radius 3 is 2.75 bits per heavy atom. The molecule has 0 aliphatic rings. The average molecular weight is 223 g/mol. The molecule has 66 valence electrons. The maximum Gasteiger partial charge on any atom is 0.250 e. The molecular formula is C6H7ClN2OS2. The lowest BCUT2D eigenvalue weighted by Gasteiger charge is -2.00. The summed E-state index contributed by atoms with van der Waals surface area (Å²) in [6, 6.07) is 0. The number of hydrogen-bond acceptors (Lipinski definition) is 5. The second-order valence-corrected chi connectivity index (χ2v) is 4.81. The van der Waals surface area contributed by atoms with Gasteiger partial charge in [-0.15, -0.1) is 0 Å². The first-order chi connectivity index (χ1) is 5.61. The van der Waals surface area contributed by atoms with Crippen molar-refractivity contribution in [2.45, 2.75) is 24.1 Å². The molecule has 0 aliphatic heterocycles. The van der Waals surface area contributed by atoms with Crippen LogP contribution in [0, 0.1) is 0 Å². The highest BCUT2D eigenvalue weighted by molar-refractivity contribution is 7.99. The molecule has 1 rings (SSSR count). The molecule has 1 aromatic rings. The van der Waals surface area contributed by atoms with Crippen molar-refractivity contribution in [1.82, 2.24) is 8.75 Å². The van der Waals surface area contributed by atoms with Gasteiger partial charge in [0.1, 0.15) is 0 Å². The highest BCUT2D eigenvalue weighted by Crippen LogP contribution is 2.18. The summed E-state index contributed by atoms with van der Waals surface area (Å²) in [7, 11) is 0. The zero-order valence-electron chi connectivity index (χ0n) is 6.57. The lowest BCUT2D eigenvalue weighted by molar-refractivity contribution is 1.08. The van der Waals surface area contributed by atoms with Gasteiger partial charge in [-0.3, -0.25) is 4.79 Å². The van der Waals surface area contributed by atoms with Crippen molar-refractivity contribution in [1.29, 1.82) is 0 Å². The van der Waals surface area contributed by atoms with Gasteiger partial charge in [-0.1, -0.05) is 37.2 Å². The van der Waals surface area contributed by atoms with Crippen LogP contribution in [0.15, 0.2) is 9.82 Å². The highest BCUT2D eigenvalue weighted by Gasteiger charge is 2.08. The van der Waals surface area contributed by atoms with E-state index in [2.05, 4.69) is 8.75 Å². The average Bonchev–Trinajstić information content (AvgIpc) is 1.98. The molecule has 1 aromatic heterocycles. The van der Waals surface area contributed by atoms with Crippen LogP contribution in [0.1, 0.15) is 13.8 Å². The molecule has 1 heterocycles. The molecule has 0 radical (unpaired) electrons. The van der Waals surface area contributed by atoms with Crippen molar-refractivity contribution in [2.24, 2.45) is 0 Å². The largest absolute Gasteiger partial charge is 0.283 e. The molecule has 0 bridgehead atoms. The van der Waals surface area contributed by atoms with E-state index in [1.54, 1.807) is 0 Å². The normalized spacial score (nSPS) is 10.7. The summed E-state index contributed by atoms with van der Waals surface area (Å²) >= 11 is 7.89. The lowest BCUT2D eigenvalue weighted by Crippen LogP contribution is -2.08. The van der Waals surface area contributed by atoms with E-state index in [1.165, 1.54) is 11.8 Å². The Labute approximate surface area is 83.5 Å². The minimum Gasteiger partial charge on any atom is -0.283 e. The fourth-order valence-corrected chi connectivity index (χ4v) is 2.08. The summed E-state index contributed by atoms with van der Waals surface area (Å²) in [6.45, 7) is 3.98. The number of halogens is 1. The highest BCUT2D eigenvalue weighted by atomic mass is 35.5. The topological polar surface area (TPSA) is 42.9 Å². The number of aromatic nitrogens is 2. The van der Waals surface area contributed by atoms with Crippen LogP contribution in [-0.4, -0.2) is 14.0 Å². The Morgan fingerprint density at radius 2 is 2.17 bits per heavy atom. The first-order valence-electron chi connectivity index (χ1n) is 3.30. The summed E-state index contributed by atoms with van der Waals surface area (Å²) in [4.78, 5) is 11.2. The molecule has 0 saturated heterocycles. The van der Waals surface area contributed by atoms with E-state index in [0.29, 0.717) is 10.3 Å². The Kier molecular flexibility index (Phi) is 3.49. The van der Waals surface area contributed by atoms with Crippen molar-refractivity contribution < 1.29 is 0 Å². The molecule has 0 aromatic carbocycles. The zero-order chi connectivity index (χ0) is 9.14. The van der Waals surface area contributed by atoms with Gasteiger partial charge in [0.15, 0.2) is 10.2 Å². The Hall–Kier alpha value is -0.130. The summed E-state index contributed by atoms with van der Waals surface area (Å²) in [5.41, 5.74) is -0.269. The molecule has 0 spiro atoms. The van der Waals surface area contributed by atoms with E-state index in [-0.39, 0.29) is 10.6 Å². The molecular weight excluding hydrogens is 216 g/mol. The predicted molar refractivity (Wildman–Crippen MR) is 52.2 cm³/mol. The fraction of sp³-hybridized carbons (Fsp3) is 0.500. The molecule has 3 nitrogen and oxygen atoms in total. The summed E-state index contributed by atoms with van der Waals surface area (Å²) < 4.78 is 7.49. The maximum absolute atomic E-state index is 11.2. The van der Waals surface area contributed by atoms with Gasteiger partial charge in [-0.25, -0.2) is 0 Å². The van der Waals surface area contributed by atoms with E-state index >= 15 is 0 Å². The minimum atomic E-state index is -0.269. The standard InChI is InChI=1S/C6H7ClN2OS2/c1-3(2)11-6-4(10)5(7)8-12-9-6/h3H,1-2H3. The van der Waals surface area contributed by atoms with Crippen molar-refractivity contribution in [3.05, 3.63) is 15.4 Å². The first-order valence-corrected chi connectivity index (χ1v) is 5.29. The Morgan fingerprint density at radius 1 is 1.50 bits per heavy atom. The third kappa shape index (κ3) is 2.43. The number of rotatable bonds is 2. The van der Waals surface area contributed by atoms with E-state index in [9.17, 15) is 4.79 Å². The summed E-state index contributed by atoms with van der Waals surface area (Å²) in [5, 5.41) is 0.781. The molecule has 12 heavy (non-hydrogen) atoms. The van der Waals surface area contributed by atoms with Crippen LogP contribution in [0.4, 0.5) is 0 Å². The van der Waals surface area contributed by atoms with Gasteiger partial charge in [0.2, 0.25) is 5.43 Å². The van der Waals surface area contributed by atoms with E-state index in [4.69, 9.17) is 11.6 Å². The molecule has 0 N–H and O–H groups in total.